The van der Waals surface area contributed by atoms with Gasteiger partial charge in [0.2, 0.25) is 0 Å². The maximum atomic E-state index is 12.5. The number of anilines is 1. The van der Waals surface area contributed by atoms with Crippen molar-refractivity contribution in [3.63, 3.8) is 0 Å². The van der Waals surface area contributed by atoms with Gasteiger partial charge in [-0.1, -0.05) is 11.6 Å². The molecular weight excluding hydrogens is 298 g/mol. The Morgan fingerprint density at radius 2 is 1.74 bits per heavy atom. The Morgan fingerprint density at radius 3 is 2.21 bits per heavy atom. The SMILES string of the molecule is CN(CCC(F)(F)F)c1cc(C(F)(F)F)cc(Cl)n1. The van der Waals surface area contributed by atoms with Crippen LogP contribution in [0.1, 0.15) is 12.0 Å². The number of pyridine rings is 1. The van der Waals surface area contributed by atoms with Crippen LogP contribution in [-0.2, 0) is 6.18 Å². The van der Waals surface area contributed by atoms with Crippen LogP contribution < -0.4 is 4.90 Å². The average Bonchev–Trinajstić information content (AvgIpc) is 2.22. The zero-order valence-electron chi connectivity index (χ0n) is 9.61. The van der Waals surface area contributed by atoms with Crippen LogP contribution in [0, 0.1) is 0 Å². The summed E-state index contributed by atoms with van der Waals surface area (Å²) in [4.78, 5) is 4.54. The van der Waals surface area contributed by atoms with Gasteiger partial charge in [-0.15, -0.1) is 0 Å². The topological polar surface area (TPSA) is 16.1 Å². The van der Waals surface area contributed by atoms with Gasteiger partial charge in [0.15, 0.2) is 0 Å². The molecule has 19 heavy (non-hydrogen) atoms. The van der Waals surface area contributed by atoms with Crippen molar-refractivity contribution >= 4 is 17.4 Å². The largest absolute Gasteiger partial charge is 0.416 e. The van der Waals surface area contributed by atoms with Gasteiger partial charge in [0.25, 0.3) is 0 Å². The van der Waals surface area contributed by atoms with E-state index in [-0.39, 0.29) is 5.82 Å². The lowest BCUT2D eigenvalue weighted by Crippen LogP contribution is -2.25. The van der Waals surface area contributed by atoms with Crippen LogP contribution in [0.3, 0.4) is 0 Å². The quantitative estimate of drug-likeness (QED) is 0.616. The van der Waals surface area contributed by atoms with Crippen LogP contribution in [0.5, 0.6) is 0 Å². The third-order valence-corrected chi connectivity index (χ3v) is 2.42. The second-order valence-corrected chi connectivity index (χ2v) is 4.21. The summed E-state index contributed by atoms with van der Waals surface area (Å²) < 4.78 is 73.6. The first-order chi connectivity index (χ1) is 8.49. The summed E-state index contributed by atoms with van der Waals surface area (Å²) in [6.07, 6.45) is -10.2. The fraction of sp³-hybridized carbons (Fsp3) is 0.500. The van der Waals surface area contributed by atoms with Crippen molar-refractivity contribution in [3.8, 4) is 0 Å². The van der Waals surface area contributed by atoms with Gasteiger partial charge in [-0.2, -0.15) is 26.3 Å². The summed E-state index contributed by atoms with van der Waals surface area (Å²) in [5, 5.41) is -0.427. The third-order valence-electron chi connectivity index (χ3n) is 2.23. The van der Waals surface area contributed by atoms with Crippen molar-refractivity contribution in [2.75, 3.05) is 18.5 Å². The van der Waals surface area contributed by atoms with Gasteiger partial charge in [-0.3, -0.25) is 0 Å². The molecule has 1 aromatic rings. The number of hydrogen-bond acceptors (Lipinski definition) is 2. The van der Waals surface area contributed by atoms with Crippen LogP contribution in [0.4, 0.5) is 32.2 Å². The van der Waals surface area contributed by atoms with Crippen LogP contribution in [0.15, 0.2) is 12.1 Å². The highest BCUT2D eigenvalue weighted by molar-refractivity contribution is 6.29. The van der Waals surface area contributed by atoms with E-state index < -0.39 is 36.0 Å². The molecule has 0 unspecified atom stereocenters. The molecule has 0 aliphatic carbocycles. The zero-order chi connectivity index (χ0) is 14.8. The first-order valence-corrected chi connectivity index (χ1v) is 5.39. The fourth-order valence-corrected chi connectivity index (χ4v) is 1.46. The first kappa shape index (κ1) is 15.9. The Kier molecular flexibility index (Phi) is 4.54. The van der Waals surface area contributed by atoms with Crippen molar-refractivity contribution in [2.45, 2.75) is 18.8 Å². The van der Waals surface area contributed by atoms with Crippen molar-refractivity contribution in [1.82, 2.24) is 4.98 Å². The number of alkyl halides is 6. The third kappa shape index (κ3) is 5.14. The molecule has 108 valence electrons. The summed E-state index contributed by atoms with van der Waals surface area (Å²) in [7, 11) is 1.21. The summed E-state index contributed by atoms with van der Waals surface area (Å²) in [6.45, 7) is -0.506. The number of nitrogens with zero attached hydrogens (tertiary/aromatic N) is 2. The Bertz CT molecular complexity index is 443. The summed E-state index contributed by atoms with van der Waals surface area (Å²) >= 11 is 5.43. The molecule has 0 aliphatic heterocycles. The van der Waals surface area contributed by atoms with E-state index in [4.69, 9.17) is 11.6 Å². The molecular formula is C10H9ClF6N2. The summed E-state index contributed by atoms with van der Waals surface area (Å²) in [5.74, 6) is -0.260. The number of rotatable bonds is 3. The van der Waals surface area contributed by atoms with E-state index in [1.807, 2.05) is 0 Å². The summed E-state index contributed by atoms with van der Waals surface area (Å²) in [6, 6.07) is 1.27. The minimum Gasteiger partial charge on any atom is -0.359 e. The molecule has 0 saturated carbocycles. The van der Waals surface area contributed by atoms with E-state index in [9.17, 15) is 26.3 Å². The molecule has 0 atom stereocenters. The summed E-state index contributed by atoms with van der Waals surface area (Å²) in [5.41, 5.74) is -1.05. The van der Waals surface area contributed by atoms with Crippen molar-refractivity contribution in [2.24, 2.45) is 0 Å². The van der Waals surface area contributed by atoms with Crippen LogP contribution >= 0.6 is 11.6 Å². The zero-order valence-corrected chi connectivity index (χ0v) is 10.4. The van der Waals surface area contributed by atoms with Crippen molar-refractivity contribution < 1.29 is 26.3 Å². The predicted octanol–water partition coefficient (Wildman–Crippen LogP) is 4.14. The molecule has 1 heterocycles. The highest BCUT2D eigenvalue weighted by atomic mass is 35.5. The minimum absolute atomic E-state index is 0.260. The second kappa shape index (κ2) is 5.44. The highest BCUT2D eigenvalue weighted by Gasteiger charge is 2.32. The number of hydrogen-bond donors (Lipinski definition) is 0. The Labute approximate surface area is 110 Å². The van der Waals surface area contributed by atoms with Gasteiger partial charge < -0.3 is 4.90 Å². The van der Waals surface area contributed by atoms with Gasteiger partial charge in [0, 0.05) is 13.6 Å². The van der Waals surface area contributed by atoms with E-state index in [0.29, 0.717) is 12.1 Å². The molecule has 2 nitrogen and oxygen atoms in total. The van der Waals surface area contributed by atoms with Gasteiger partial charge in [-0.25, -0.2) is 4.98 Å². The number of aromatic nitrogens is 1. The lowest BCUT2D eigenvalue weighted by molar-refractivity contribution is -0.137. The Morgan fingerprint density at radius 1 is 1.16 bits per heavy atom. The molecule has 0 radical (unpaired) electrons. The molecule has 0 N–H and O–H groups in total. The van der Waals surface area contributed by atoms with Crippen molar-refractivity contribution in [3.05, 3.63) is 22.8 Å². The Balaban J connectivity index is 2.91. The molecule has 0 aliphatic rings. The monoisotopic (exact) mass is 306 g/mol. The molecule has 0 bridgehead atoms. The second-order valence-electron chi connectivity index (χ2n) is 3.82. The minimum atomic E-state index is -4.63. The predicted molar refractivity (Wildman–Crippen MR) is 58.2 cm³/mol. The van der Waals surface area contributed by atoms with Gasteiger partial charge in [0.05, 0.1) is 12.0 Å². The number of halogens is 7. The van der Waals surface area contributed by atoms with Gasteiger partial charge in [0.1, 0.15) is 11.0 Å². The van der Waals surface area contributed by atoms with E-state index >= 15 is 0 Å². The van der Waals surface area contributed by atoms with Crippen molar-refractivity contribution in [1.29, 1.82) is 0 Å². The maximum Gasteiger partial charge on any atom is 0.416 e. The highest BCUT2D eigenvalue weighted by Crippen LogP contribution is 2.32. The molecule has 1 rings (SSSR count). The smallest absolute Gasteiger partial charge is 0.359 e. The lowest BCUT2D eigenvalue weighted by Gasteiger charge is -2.20. The molecule has 0 amide bonds. The van der Waals surface area contributed by atoms with Gasteiger partial charge in [-0.05, 0) is 12.1 Å². The molecule has 0 spiro atoms. The molecule has 1 aromatic heterocycles. The molecule has 9 heteroatoms. The van der Waals surface area contributed by atoms with E-state index in [2.05, 4.69) is 4.98 Å². The van der Waals surface area contributed by atoms with Crippen LogP contribution in [0.2, 0.25) is 5.15 Å². The normalized spacial score (nSPS) is 12.6. The Hall–Kier alpha value is -1.18. The molecule has 0 aromatic carbocycles. The van der Waals surface area contributed by atoms with E-state index in [1.165, 1.54) is 7.05 Å². The van der Waals surface area contributed by atoms with Crippen LogP contribution in [-0.4, -0.2) is 24.8 Å². The average molecular weight is 307 g/mol. The lowest BCUT2D eigenvalue weighted by atomic mass is 10.2. The first-order valence-electron chi connectivity index (χ1n) is 5.02. The fourth-order valence-electron chi connectivity index (χ4n) is 1.25. The molecule has 0 fully saturated rings. The molecule has 0 saturated heterocycles. The maximum absolute atomic E-state index is 12.5. The van der Waals surface area contributed by atoms with E-state index in [0.717, 1.165) is 4.90 Å². The van der Waals surface area contributed by atoms with Crippen LogP contribution in [0.25, 0.3) is 0 Å². The van der Waals surface area contributed by atoms with E-state index in [1.54, 1.807) is 0 Å². The van der Waals surface area contributed by atoms with Gasteiger partial charge >= 0.3 is 12.4 Å². The standard InChI is InChI=1S/C10H9ClF6N2/c1-19(3-2-9(12,13)14)8-5-6(10(15,16)17)4-7(11)18-8/h4-5H,2-3H2,1H3.